The Hall–Kier alpha value is -0.720. The Kier molecular flexibility index (Phi) is 3.73. The van der Waals surface area contributed by atoms with Crippen LogP contribution in [0.2, 0.25) is 0 Å². The predicted molar refractivity (Wildman–Crippen MR) is 82.4 cm³/mol. The van der Waals surface area contributed by atoms with Crippen LogP contribution in [-0.4, -0.2) is 22.3 Å². The highest BCUT2D eigenvalue weighted by molar-refractivity contribution is 9.13. The molecule has 2 aromatic heterocycles. The summed E-state index contributed by atoms with van der Waals surface area (Å²) in [6.07, 6.45) is 2.64. The molecule has 3 rings (SSSR count). The highest BCUT2D eigenvalue weighted by Crippen LogP contribution is 2.33. The summed E-state index contributed by atoms with van der Waals surface area (Å²) in [7, 11) is 0. The molecular weight excluding hydrogens is 392 g/mol. The van der Waals surface area contributed by atoms with E-state index in [-0.39, 0.29) is 5.91 Å². The molecule has 0 unspecified atom stereocenters. The predicted octanol–water partition coefficient (Wildman–Crippen LogP) is 3.87. The van der Waals surface area contributed by atoms with Crippen LogP contribution in [0.25, 0.3) is 0 Å². The van der Waals surface area contributed by atoms with Crippen molar-refractivity contribution in [2.24, 2.45) is 0 Å². The van der Waals surface area contributed by atoms with E-state index in [1.807, 2.05) is 29.3 Å². The average Bonchev–Trinajstić information content (AvgIpc) is 2.77. The van der Waals surface area contributed by atoms with Crippen molar-refractivity contribution in [1.82, 2.24) is 9.88 Å². The fraction of sp³-hybridized carbons (Fsp3) is 0.231. The molecular formula is C13H10Br2N2OS. The van der Waals surface area contributed by atoms with Gasteiger partial charge in [0, 0.05) is 35.9 Å². The van der Waals surface area contributed by atoms with Gasteiger partial charge < -0.3 is 4.90 Å². The van der Waals surface area contributed by atoms with Crippen LogP contribution in [0.4, 0.5) is 0 Å². The monoisotopic (exact) mass is 400 g/mol. The van der Waals surface area contributed by atoms with Gasteiger partial charge in [0.05, 0.1) is 8.66 Å². The molecule has 2 aromatic rings. The molecule has 1 aliphatic heterocycles. The number of aromatic nitrogens is 1. The third-order valence-electron chi connectivity index (χ3n) is 3.11. The first-order valence-corrected chi connectivity index (χ1v) is 8.22. The maximum atomic E-state index is 12.4. The Labute approximate surface area is 131 Å². The summed E-state index contributed by atoms with van der Waals surface area (Å²) in [4.78, 5) is 19.4. The van der Waals surface area contributed by atoms with Gasteiger partial charge >= 0.3 is 0 Å². The maximum absolute atomic E-state index is 12.4. The van der Waals surface area contributed by atoms with E-state index in [1.54, 1.807) is 0 Å². The van der Waals surface area contributed by atoms with Gasteiger partial charge in [-0.05, 0) is 49.6 Å². The van der Waals surface area contributed by atoms with E-state index in [0.29, 0.717) is 6.54 Å². The number of pyridine rings is 1. The van der Waals surface area contributed by atoms with Gasteiger partial charge in [-0.3, -0.25) is 9.78 Å². The molecule has 0 bridgehead atoms. The molecule has 0 spiro atoms. The lowest BCUT2D eigenvalue weighted by Gasteiger charge is -2.27. The maximum Gasteiger partial charge on any atom is 0.264 e. The molecule has 0 saturated heterocycles. The quantitative estimate of drug-likeness (QED) is 0.726. The number of amides is 1. The van der Waals surface area contributed by atoms with Gasteiger partial charge in [-0.15, -0.1) is 11.3 Å². The topological polar surface area (TPSA) is 33.2 Å². The number of thiophene rings is 1. The lowest BCUT2D eigenvalue weighted by atomic mass is 10.1. The molecule has 1 amide bonds. The SMILES string of the molecule is O=C(c1cc(Br)c(Br)s1)N1CCc2ncccc2C1. The van der Waals surface area contributed by atoms with E-state index >= 15 is 0 Å². The van der Waals surface area contributed by atoms with Crippen molar-refractivity contribution < 1.29 is 4.79 Å². The zero-order valence-electron chi connectivity index (χ0n) is 9.90. The standard InChI is InChI=1S/C13H10Br2N2OS/c14-9-6-11(19-12(9)15)13(18)17-5-3-10-8(7-17)2-1-4-16-10/h1-2,4,6H,3,5,7H2. The number of hydrogen-bond donors (Lipinski definition) is 0. The van der Waals surface area contributed by atoms with E-state index in [0.717, 1.165) is 37.4 Å². The minimum absolute atomic E-state index is 0.0888. The summed E-state index contributed by atoms with van der Waals surface area (Å²) in [6.45, 7) is 1.38. The molecule has 0 fully saturated rings. The van der Waals surface area contributed by atoms with E-state index in [9.17, 15) is 4.79 Å². The number of fused-ring (bicyclic) bond motifs is 1. The summed E-state index contributed by atoms with van der Waals surface area (Å²) in [5.41, 5.74) is 2.26. The van der Waals surface area contributed by atoms with Gasteiger partial charge in [0.15, 0.2) is 0 Å². The molecule has 0 radical (unpaired) electrons. The van der Waals surface area contributed by atoms with Crippen molar-refractivity contribution in [2.45, 2.75) is 13.0 Å². The fourth-order valence-corrected chi connectivity index (χ4v) is 4.15. The summed E-state index contributed by atoms with van der Waals surface area (Å²) in [5.74, 6) is 0.0888. The first kappa shape index (κ1) is 13.3. The number of rotatable bonds is 1. The van der Waals surface area contributed by atoms with Gasteiger partial charge in [-0.1, -0.05) is 6.07 Å². The van der Waals surface area contributed by atoms with Crippen LogP contribution in [0.3, 0.4) is 0 Å². The first-order chi connectivity index (χ1) is 9.15. The Morgan fingerprint density at radius 2 is 2.26 bits per heavy atom. The normalized spacial score (nSPS) is 14.3. The van der Waals surface area contributed by atoms with Gasteiger partial charge in [0.1, 0.15) is 0 Å². The second kappa shape index (κ2) is 5.34. The molecule has 0 aliphatic carbocycles. The van der Waals surface area contributed by atoms with Crippen LogP contribution >= 0.6 is 43.2 Å². The number of halogens is 2. The molecule has 6 heteroatoms. The van der Waals surface area contributed by atoms with E-state index < -0.39 is 0 Å². The third-order valence-corrected chi connectivity index (χ3v) is 6.35. The zero-order chi connectivity index (χ0) is 13.4. The minimum Gasteiger partial charge on any atom is -0.333 e. The van der Waals surface area contributed by atoms with Gasteiger partial charge in [0.2, 0.25) is 0 Å². The Balaban J connectivity index is 1.83. The zero-order valence-corrected chi connectivity index (χ0v) is 13.9. The number of nitrogens with zero attached hydrogens (tertiary/aromatic N) is 2. The number of carbonyl (C=O) groups excluding carboxylic acids is 1. The molecule has 0 aromatic carbocycles. The second-order valence-corrected chi connectivity index (χ2v) is 7.54. The van der Waals surface area contributed by atoms with Gasteiger partial charge in [-0.25, -0.2) is 0 Å². The van der Waals surface area contributed by atoms with Crippen LogP contribution in [0, 0.1) is 0 Å². The highest BCUT2D eigenvalue weighted by atomic mass is 79.9. The van der Waals surface area contributed by atoms with Crippen LogP contribution in [-0.2, 0) is 13.0 Å². The third kappa shape index (κ3) is 2.61. The van der Waals surface area contributed by atoms with Crippen LogP contribution in [0.1, 0.15) is 20.9 Å². The molecule has 0 N–H and O–H groups in total. The van der Waals surface area contributed by atoms with Crippen LogP contribution in [0.15, 0.2) is 32.7 Å². The smallest absolute Gasteiger partial charge is 0.264 e. The Morgan fingerprint density at radius 1 is 1.42 bits per heavy atom. The minimum atomic E-state index is 0.0888. The summed E-state index contributed by atoms with van der Waals surface area (Å²) in [5, 5.41) is 0. The highest BCUT2D eigenvalue weighted by Gasteiger charge is 2.23. The molecule has 0 saturated carbocycles. The van der Waals surface area contributed by atoms with Crippen molar-refractivity contribution >= 4 is 49.1 Å². The van der Waals surface area contributed by atoms with Crippen LogP contribution < -0.4 is 0 Å². The average molecular weight is 402 g/mol. The summed E-state index contributed by atoms with van der Waals surface area (Å²) < 4.78 is 1.88. The number of carbonyl (C=O) groups is 1. The van der Waals surface area contributed by atoms with Crippen molar-refractivity contribution in [2.75, 3.05) is 6.54 Å². The summed E-state index contributed by atoms with van der Waals surface area (Å²) >= 11 is 8.30. The van der Waals surface area contributed by atoms with E-state index in [2.05, 4.69) is 36.8 Å². The fourth-order valence-electron chi connectivity index (χ4n) is 2.15. The van der Waals surface area contributed by atoms with E-state index in [4.69, 9.17) is 0 Å². The molecule has 3 nitrogen and oxygen atoms in total. The molecule has 1 aliphatic rings. The second-order valence-electron chi connectivity index (χ2n) is 4.32. The van der Waals surface area contributed by atoms with E-state index in [1.165, 1.54) is 11.3 Å². The Morgan fingerprint density at radius 3 is 3.00 bits per heavy atom. The molecule has 0 atom stereocenters. The number of hydrogen-bond acceptors (Lipinski definition) is 3. The molecule has 19 heavy (non-hydrogen) atoms. The van der Waals surface area contributed by atoms with Crippen molar-refractivity contribution in [3.63, 3.8) is 0 Å². The largest absolute Gasteiger partial charge is 0.333 e. The van der Waals surface area contributed by atoms with Crippen molar-refractivity contribution in [3.05, 3.63) is 48.8 Å². The van der Waals surface area contributed by atoms with Crippen molar-refractivity contribution in [1.29, 1.82) is 0 Å². The van der Waals surface area contributed by atoms with Crippen LogP contribution in [0.5, 0.6) is 0 Å². The lowest BCUT2D eigenvalue weighted by molar-refractivity contribution is 0.0738. The lowest BCUT2D eigenvalue weighted by Crippen LogP contribution is -2.35. The molecule has 98 valence electrons. The van der Waals surface area contributed by atoms with Gasteiger partial charge in [0.25, 0.3) is 5.91 Å². The molecule has 3 heterocycles. The Bertz CT molecular complexity index is 622. The summed E-state index contributed by atoms with van der Waals surface area (Å²) in [6, 6.07) is 5.84. The first-order valence-electron chi connectivity index (χ1n) is 5.82. The van der Waals surface area contributed by atoms with Gasteiger partial charge in [-0.2, -0.15) is 0 Å². The van der Waals surface area contributed by atoms with Crippen molar-refractivity contribution in [3.8, 4) is 0 Å².